The van der Waals surface area contributed by atoms with Crippen molar-refractivity contribution in [1.29, 1.82) is 0 Å². The molecule has 1 aromatic heterocycles. The van der Waals surface area contributed by atoms with E-state index in [0.717, 1.165) is 11.0 Å². The average Bonchev–Trinajstić information content (AvgIpc) is 3.25. The zero-order chi connectivity index (χ0) is 28.5. The van der Waals surface area contributed by atoms with E-state index in [1.54, 1.807) is 51.1 Å². The molecule has 2 N–H and O–H groups in total. The van der Waals surface area contributed by atoms with Gasteiger partial charge in [0.2, 0.25) is 5.60 Å². The zero-order valence-electron chi connectivity index (χ0n) is 21.0. The fourth-order valence-corrected chi connectivity index (χ4v) is 5.48. The van der Waals surface area contributed by atoms with E-state index in [4.69, 9.17) is 9.47 Å². The third kappa shape index (κ3) is 6.21. The molecule has 8 nitrogen and oxygen atoms in total. The van der Waals surface area contributed by atoms with Gasteiger partial charge in [-0.3, -0.25) is 0 Å². The van der Waals surface area contributed by atoms with Crippen LogP contribution in [0, 0.1) is 5.92 Å². The van der Waals surface area contributed by atoms with Gasteiger partial charge in [0, 0.05) is 18.5 Å². The normalized spacial score (nSPS) is 21.2. The molecule has 3 rings (SSSR count). The minimum Gasteiger partial charge on any atom is -0.444 e. The summed E-state index contributed by atoms with van der Waals surface area (Å²) in [5, 5.41) is 20.8. The van der Waals surface area contributed by atoms with E-state index in [-0.39, 0.29) is 30.6 Å². The quantitative estimate of drug-likeness (QED) is 0.360. The molecule has 0 saturated heterocycles. The maximum absolute atomic E-state index is 14.1. The number of amides is 2. The maximum Gasteiger partial charge on any atom is 0.423 e. The van der Waals surface area contributed by atoms with Crippen molar-refractivity contribution in [3.05, 3.63) is 56.7 Å². The van der Waals surface area contributed by atoms with Crippen molar-refractivity contribution < 1.29 is 42.4 Å². The van der Waals surface area contributed by atoms with Crippen molar-refractivity contribution in [2.75, 3.05) is 13.2 Å². The second kappa shape index (κ2) is 11.6. The molecule has 0 bridgehead atoms. The summed E-state index contributed by atoms with van der Waals surface area (Å²) in [5.74, 6) is -1.61. The van der Waals surface area contributed by atoms with Crippen LogP contribution in [0.2, 0.25) is 0 Å². The Labute approximate surface area is 235 Å². The Morgan fingerprint density at radius 2 is 1.76 bits per heavy atom. The highest BCUT2D eigenvalue weighted by molar-refractivity contribution is 9.13. The molecule has 13 heteroatoms. The molecule has 3 atom stereocenters. The van der Waals surface area contributed by atoms with Crippen LogP contribution in [0.3, 0.4) is 0 Å². The van der Waals surface area contributed by atoms with E-state index < -0.39 is 53.8 Å². The third-order valence-corrected chi connectivity index (χ3v) is 8.15. The molecule has 1 aromatic carbocycles. The molecule has 0 spiro atoms. The summed E-state index contributed by atoms with van der Waals surface area (Å²) in [6.45, 7) is 3.62. The van der Waals surface area contributed by atoms with Crippen LogP contribution >= 0.6 is 31.9 Å². The third-order valence-electron chi connectivity index (χ3n) is 6.20. The Kier molecular flexibility index (Phi) is 9.27. The van der Waals surface area contributed by atoms with Gasteiger partial charge in [-0.25, -0.2) is 14.5 Å². The van der Waals surface area contributed by atoms with E-state index >= 15 is 0 Å². The summed E-state index contributed by atoms with van der Waals surface area (Å²) >= 11 is 6.44. The van der Waals surface area contributed by atoms with E-state index in [9.17, 15) is 33.0 Å². The van der Waals surface area contributed by atoms with Crippen molar-refractivity contribution in [1.82, 2.24) is 9.47 Å². The minimum absolute atomic E-state index is 0.0123. The highest BCUT2D eigenvalue weighted by atomic mass is 79.9. The van der Waals surface area contributed by atoms with Crippen LogP contribution in [0.25, 0.3) is 0 Å². The lowest BCUT2D eigenvalue weighted by molar-refractivity contribution is -0.288. The number of hydrogen-bond acceptors (Lipinski definition) is 6. The molecular weight excluding hydrogens is 641 g/mol. The van der Waals surface area contributed by atoms with Crippen molar-refractivity contribution in [2.24, 2.45) is 5.92 Å². The molecule has 2 amide bonds. The van der Waals surface area contributed by atoms with Crippen LogP contribution in [0.4, 0.5) is 22.8 Å². The van der Waals surface area contributed by atoms with Gasteiger partial charge in [-0.2, -0.15) is 13.2 Å². The number of carbonyl (C=O) groups is 2. The summed E-state index contributed by atoms with van der Waals surface area (Å²) in [6, 6.07) is 8.98. The lowest BCUT2D eigenvalue weighted by atomic mass is 9.82. The van der Waals surface area contributed by atoms with Crippen LogP contribution < -0.4 is 0 Å². The second-order valence-electron chi connectivity index (χ2n) is 9.97. The average molecular weight is 670 g/mol. The number of aliphatic hydroxyl groups is 2. The van der Waals surface area contributed by atoms with Gasteiger partial charge in [0.1, 0.15) is 12.2 Å². The fourth-order valence-electron chi connectivity index (χ4n) is 4.51. The number of benzene rings is 1. The topological polar surface area (TPSA) is 101 Å². The van der Waals surface area contributed by atoms with Crippen molar-refractivity contribution >= 4 is 44.0 Å². The Balaban J connectivity index is 1.80. The van der Waals surface area contributed by atoms with Crippen molar-refractivity contribution in [2.45, 2.75) is 63.6 Å². The van der Waals surface area contributed by atoms with Crippen LogP contribution in [0.1, 0.15) is 50.9 Å². The number of ether oxygens (including phenoxy) is 2. The number of halogens is 5. The Hall–Kier alpha value is -2.09. The number of aromatic nitrogens is 1. The number of carbonyl (C=O) groups excluding carboxylic acids is 2. The second-order valence-corrected chi connectivity index (χ2v) is 11.6. The van der Waals surface area contributed by atoms with E-state index in [1.165, 1.54) is 4.57 Å². The van der Waals surface area contributed by atoms with Crippen LogP contribution in [0.5, 0.6) is 0 Å². The highest BCUT2D eigenvalue weighted by Gasteiger charge is 2.66. The Morgan fingerprint density at radius 1 is 1.13 bits per heavy atom. The lowest BCUT2D eigenvalue weighted by Gasteiger charge is -2.33. The maximum atomic E-state index is 14.1. The van der Waals surface area contributed by atoms with E-state index in [0.29, 0.717) is 10.0 Å². The number of hydrogen-bond donors (Lipinski definition) is 2. The first-order valence-corrected chi connectivity index (χ1v) is 13.4. The number of rotatable bonds is 7. The van der Waals surface area contributed by atoms with E-state index in [1.807, 2.05) is 0 Å². The number of nitrogens with zero attached hydrogens (tertiary/aromatic N) is 2. The summed E-state index contributed by atoms with van der Waals surface area (Å²) < 4.78 is 54.7. The Morgan fingerprint density at radius 3 is 2.32 bits per heavy atom. The summed E-state index contributed by atoms with van der Waals surface area (Å²) in [7, 11) is 0. The monoisotopic (exact) mass is 668 g/mol. The summed E-state index contributed by atoms with van der Waals surface area (Å²) in [4.78, 5) is 26.4. The van der Waals surface area contributed by atoms with Crippen LogP contribution in [-0.4, -0.2) is 56.8 Å². The summed E-state index contributed by atoms with van der Waals surface area (Å²) in [6.07, 6.45) is -6.96. The minimum atomic E-state index is -5.06. The standard InChI is InChI=1S/C25H29Br2F3N2O6/c1-23(2,3)38-22(35)31(21(34)37-14-15-8-5-4-6-9-15)11-7-10-18-16(13-33)24(36,25(28,29)30)19-12-17(26)20(27)32(18)19/h4-6,8-9,12,16,18,33,36H,7,10-11,13-14H2,1-3H3/t16-,18-,24-/m1/s1. The molecule has 38 heavy (non-hydrogen) atoms. The van der Waals surface area contributed by atoms with Gasteiger partial charge in [-0.15, -0.1) is 0 Å². The molecule has 210 valence electrons. The molecule has 0 saturated carbocycles. The van der Waals surface area contributed by atoms with Crippen LogP contribution in [0.15, 0.2) is 45.5 Å². The molecule has 0 fully saturated rings. The van der Waals surface area contributed by atoms with Gasteiger partial charge in [0.15, 0.2) is 0 Å². The number of fused-ring (bicyclic) bond motifs is 1. The number of alkyl halides is 3. The Bertz CT molecular complexity index is 1150. The van der Waals surface area contributed by atoms with Gasteiger partial charge < -0.3 is 24.3 Å². The first-order chi connectivity index (χ1) is 17.6. The molecule has 2 aromatic rings. The molecule has 2 heterocycles. The molecule has 0 aliphatic carbocycles. The van der Waals surface area contributed by atoms with Gasteiger partial charge in [-0.1, -0.05) is 30.3 Å². The molecule has 1 aliphatic rings. The predicted molar refractivity (Wildman–Crippen MR) is 138 cm³/mol. The molecular formula is C25H29Br2F3N2O6. The predicted octanol–water partition coefficient (Wildman–Crippen LogP) is 6.28. The molecule has 1 aliphatic heterocycles. The van der Waals surface area contributed by atoms with Crippen LogP contribution in [-0.2, 0) is 21.7 Å². The SMILES string of the molecule is CC(C)(C)OC(=O)N(CCC[C@@H]1[C@@H](CO)[C@](O)(C(F)(F)F)c2cc(Br)c(Br)n21)C(=O)OCc1ccccc1. The van der Waals surface area contributed by atoms with Crippen molar-refractivity contribution in [3.8, 4) is 0 Å². The van der Waals surface area contributed by atoms with Gasteiger partial charge in [0.05, 0.1) is 21.4 Å². The largest absolute Gasteiger partial charge is 0.444 e. The summed E-state index contributed by atoms with van der Waals surface area (Å²) in [5.41, 5.74) is -3.92. The number of imide groups is 1. The fraction of sp³-hybridized carbons (Fsp3) is 0.520. The lowest BCUT2D eigenvalue weighted by Crippen LogP contribution is -2.48. The zero-order valence-corrected chi connectivity index (χ0v) is 24.1. The van der Waals surface area contributed by atoms with Gasteiger partial charge in [-0.05, 0) is 77.1 Å². The van der Waals surface area contributed by atoms with Crippen molar-refractivity contribution in [3.63, 3.8) is 0 Å². The number of aliphatic hydroxyl groups excluding tert-OH is 1. The van der Waals surface area contributed by atoms with Gasteiger partial charge in [0.25, 0.3) is 0 Å². The smallest absolute Gasteiger partial charge is 0.423 e. The first-order valence-electron chi connectivity index (χ1n) is 11.8. The molecule has 0 radical (unpaired) electrons. The first kappa shape index (κ1) is 30.5. The van der Waals surface area contributed by atoms with E-state index in [2.05, 4.69) is 31.9 Å². The highest BCUT2D eigenvalue weighted by Crippen LogP contribution is 2.57. The van der Waals surface area contributed by atoms with Gasteiger partial charge >= 0.3 is 18.4 Å². The molecule has 0 unspecified atom stereocenters.